The smallest absolute Gasteiger partial charge is 0.332 e. The van der Waals surface area contributed by atoms with Crippen molar-refractivity contribution in [2.45, 2.75) is 44.4 Å². The zero-order valence-corrected chi connectivity index (χ0v) is 12.4. The Morgan fingerprint density at radius 1 is 1.33 bits per heavy atom. The molecule has 0 radical (unpaired) electrons. The molecule has 0 rings (SSSR count). The quantitative estimate of drug-likeness (QED) is 0.509. The maximum atomic E-state index is 11.7. The van der Waals surface area contributed by atoms with Crippen molar-refractivity contribution in [3.8, 4) is 0 Å². The van der Waals surface area contributed by atoms with Gasteiger partial charge in [-0.05, 0) is 26.0 Å². The van der Waals surface area contributed by atoms with Crippen LogP contribution in [0.1, 0.15) is 33.6 Å². The predicted octanol–water partition coefficient (Wildman–Crippen LogP) is 0.915. The van der Waals surface area contributed by atoms with Crippen LogP contribution in [0.2, 0.25) is 0 Å². The lowest BCUT2D eigenvalue weighted by Gasteiger charge is -2.30. The molecule has 0 aliphatic carbocycles. The van der Waals surface area contributed by atoms with Crippen molar-refractivity contribution in [1.82, 2.24) is 5.32 Å². The number of amides is 1. The molecule has 0 aromatic carbocycles. The van der Waals surface area contributed by atoms with E-state index in [1.54, 1.807) is 18.7 Å². The summed E-state index contributed by atoms with van der Waals surface area (Å²) < 4.78 is 4.71. The van der Waals surface area contributed by atoms with Gasteiger partial charge in [-0.1, -0.05) is 13.8 Å². The summed E-state index contributed by atoms with van der Waals surface area (Å²) in [6.07, 6.45) is 3.91. The van der Waals surface area contributed by atoms with Gasteiger partial charge in [0.15, 0.2) is 6.04 Å². The fourth-order valence-electron chi connectivity index (χ4n) is 1.56. The fourth-order valence-corrected chi connectivity index (χ4v) is 2.35. The summed E-state index contributed by atoms with van der Waals surface area (Å²) in [5.74, 6) is -1.16. The fraction of sp³-hybridized carbons (Fsp3) is 0.833. The van der Waals surface area contributed by atoms with E-state index in [9.17, 15) is 9.59 Å². The monoisotopic (exact) mass is 276 g/mol. The first-order valence-electron chi connectivity index (χ1n) is 6.21. The van der Waals surface area contributed by atoms with E-state index in [0.29, 0.717) is 6.54 Å². The van der Waals surface area contributed by atoms with Crippen LogP contribution in [0.5, 0.6) is 0 Å². The molecule has 1 amide bonds. The summed E-state index contributed by atoms with van der Waals surface area (Å²) >= 11 is 1.72. The van der Waals surface area contributed by atoms with E-state index in [4.69, 9.17) is 10.5 Å². The van der Waals surface area contributed by atoms with Crippen molar-refractivity contribution in [2.75, 3.05) is 19.4 Å². The average Bonchev–Trinajstić information content (AvgIpc) is 2.40. The van der Waals surface area contributed by atoms with Crippen molar-refractivity contribution < 1.29 is 14.3 Å². The van der Waals surface area contributed by atoms with Crippen molar-refractivity contribution in [1.29, 1.82) is 0 Å². The minimum atomic E-state index is -1.24. The molecule has 0 spiro atoms. The summed E-state index contributed by atoms with van der Waals surface area (Å²) in [6.45, 7) is 6.57. The topological polar surface area (TPSA) is 81.4 Å². The van der Waals surface area contributed by atoms with Crippen LogP contribution in [0.15, 0.2) is 0 Å². The van der Waals surface area contributed by atoms with Crippen LogP contribution in [0.3, 0.4) is 0 Å². The first-order valence-corrected chi connectivity index (χ1v) is 7.43. The van der Waals surface area contributed by atoms with Gasteiger partial charge in [-0.2, -0.15) is 11.8 Å². The molecule has 1 atom stereocenters. The summed E-state index contributed by atoms with van der Waals surface area (Å²) in [4.78, 5) is 23.0. The molecule has 0 heterocycles. The van der Waals surface area contributed by atoms with Gasteiger partial charge >= 0.3 is 5.97 Å². The molecular weight excluding hydrogens is 252 g/mol. The molecule has 1 unspecified atom stereocenters. The summed E-state index contributed by atoms with van der Waals surface area (Å²) in [5, 5.41) is 2.73. The Morgan fingerprint density at radius 3 is 2.28 bits per heavy atom. The molecule has 106 valence electrons. The third kappa shape index (κ3) is 4.86. The van der Waals surface area contributed by atoms with Gasteiger partial charge in [-0.25, -0.2) is 4.79 Å². The first kappa shape index (κ1) is 17.2. The number of rotatable bonds is 8. The Hall–Kier alpha value is -0.750. The van der Waals surface area contributed by atoms with Crippen LogP contribution in [-0.2, 0) is 14.3 Å². The highest BCUT2D eigenvalue weighted by atomic mass is 32.2. The van der Waals surface area contributed by atoms with Crippen LogP contribution in [0.25, 0.3) is 0 Å². The van der Waals surface area contributed by atoms with Gasteiger partial charge in [-0.3, -0.25) is 4.79 Å². The third-order valence-electron chi connectivity index (χ3n) is 3.13. The number of nitrogens with two attached hydrogens (primary N) is 1. The number of esters is 1. The molecule has 3 N–H and O–H groups in total. The maximum Gasteiger partial charge on any atom is 0.332 e. The van der Waals surface area contributed by atoms with Crippen molar-refractivity contribution in [2.24, 2.45) is 5.73 Å². The highest BCUT2D eigenvalue weighted by molar-refractivity contribution is 8.00. The van der Waals surface area contributed by atoms with Gasteiger partial charge in [0.1, 0.15) is 0 Å². The Balaban J connectivity index is 4.36. The summed E-state index contributed by atoms with van der Waals surface area (Å²) in [5.41, 5.74) is 5.51. The Labute approximate surface area is 113 Å². The van der Waals surface area contributed by atoms with Crippen molar-refractivity contribution in [3.05, 3.63) is 0 Å². The lowest BCUT2D eigenvalue weighted by atomic mass is 10.0. The summed E-state index contributed by atoms with van der Waals surface area (Å²) in [6, 6.07) is -1.24. The second-order valence-electron chi connectivity index (χ2n) is 4.04. The minimum absolute atomic E-state index is 0.00401. The van der Waals surface area contributed by atoms with E-state index in [-0.39, 0.29) is 11.4 Å². The molecule has 0 aromatic heterocycles. The lowest BCUT2D eigenvalue weighted by Crippen LogP contribution is -2.50. The number of hydrogen-bond donors (Lipinski definition) is 2. The highest BCUT2D eigenvalue weighted by Gasteiger charge is 2.28. The largest absolute Gasteiger partial charge is 0.464 e. The average molecular weight is 276 g/mol. The number of thioether (sulfide) groups is 1. The first-order chi connectivity index (χ1) is 8.46. The zero-order valence-electron chi connectivity index (χ0n) is 11.6. The SMILES string of the molecule is CCOC(=O)C(N)C(=O)NCC(CC)(CC)SC. The third-order valence-corrected chi connectivity index (χ3v) is 4.72. The molecular formula is C12H24N2O3S. The maximum absolute atomic E-state index is 11.7. The van der Waals surface area contributed by atoms with Gasteiger partial charge < -0.3 is 15.8 Å². The molecule has 0 aromatic rings. The van der Waals surface area contributed by atoms with E-state index in [1.165, 1.54) is 0 Å². The number of carbonyl (C=O) groups excluding carboxylic acids is 2. The highest BCUT2D eigenvalue weighted by Crippen LogP contribution is 2.29. The molecule has 0 fully saturated rings. The van der Waals surface area contributed by atoms with E-state index in [0.717, 1.165) is 12.8 Å². The zero-order chi connectivity index (χ0) is 14.2. The molecule has 5 nitrogen and oxygen atoms in total. The number of hydrogen-bond acceptors (Lipinski definition) is 5. The van der Waals surface area contributed by atoms with E-state index >= 15 is 0 Å². The van der Waals surface area contributed by atoms with Crippen LogP contribution < -0.4 is 11.1 Å². The second-order valence-corrected chi connectivity index (χ2v) is 5.32. The Kier molecular flexibility index (Phi) is 8.02. The van der Waals surface area contributed by atoms with Crippen molar-refractivity contribution in [3.63, 3.8) is 0 Å². The number of nitrogens with one attached hydrogen (secondary N) is 1. The van der Waals surface area contributed by atoms with Crippen LogP contribution in [0.4, 0.5) is 0 Å². The Morgan fingerprint density at radius 2 is 1.89 bits per heavy atom. The van der Waals surface area contributed by atoms with Crippen molar-refractivity contribution >= 4 is 23.6 Å². The van der Waals surface area contributed by atoms with E-state index in [1.807, 2.05) is 6.26 Å². The lowest BCUT2D eigenvalue weighted by molar-refractivity contribution is -0.148. The number of ether oxygens (including phenoxy) is 1. The van der Waals surface area contributed by atoms with Gasteiger partial charge in [0, 0.05) is 11.3 Å². The normalized spacial score (nSPS) is 12.9. The van der Waals surface area contributed by atoms with Crippen LogP contribution in [-0.4, -0.2) is 42.1 Å². The molecule has 0 bridgehead atoms. The summed E-state index contributed by atoms with van der Waals surface area (Å²) in [7, 11) is 0. The second kappa shape index (κ2) is 8.37. The molecule has 18 heavy (non-hydrogen) atoms. The molecule has 0 saturated carbocycles. The number of carbonyl (C=O) groups is 2. The molecule has 6 heteroatoms. The molecule has 0 aliphatic rings. The van der Waals surface area contributed by atoms with Gasteiger partial charge in [0.05, 0.1) is 6.61 Å². The minimum Gasteiger partial charge on any atom is -0.464 e. The predicted molar refractivity (Wildman–Crippen MR) is 74.4 cm³/mol. The van der Waals surface area contributed by atoms with E-state index < -0.39 is 17.9 Å². The molecule has 0 aliphatic heterocycles. The van der Waals surface area contributed by atoms with Gasteiger partial charge in [-0.15, -0.1) is 0 Å². The Bertz CT molecular complexity index is 272. The van der Waals surface area contributed by atoms with Crippen LogP contribution in [0, 0.1) is 0 Å². The van der Waals surface area contributed by atoms with Crippen LogP contribution >= 0.6 is 11.8 Å². The van der Waals surface area contributed by atoms with E-state index in [2.05, 4.69) is 19.2 Å². The standard InChI is InChI=1S/C12H24N2O3S/c1-5-12(6-2,18-4)8-14-10(15)9(13)11(16)17-7-3/h9H,5-8,13H2,1-4H3,(H,14,15). The van der Waals surface area contributed by atoms with Gasteiger partial charge in [0.25, 0.3) is 0 Å². The molecule has 0 saturated heterocycles. The van der Waals surface area contributed by atoms with Gasteiger partial charge in [0.2, 0.25) is 5.91 Å².